The van der Waals surface area contributed by atoms with Crippen LogP contribution in [-0.2, 0) is 16.1 Å². The van der Waals surface area contributed by atoms with Gasteiger partial charge in [0.2, 0.25) is 11.8 Å². The first kappa shape index (κ1) is 16.1. The number of rotatable bonds is 4. The molecule has 2 aromatic rings. The van der Waals surface area contributed by atoms with Crippen LogP contribution in [0.4, 0.5) is 14.5 Å². The standard InChI is InChI=1S/C18H16F2N2O2/c19-14-7-4-8-15(20)17(14)22-11-13(9-16(22)23)18(24)21-10-12-5-2-1-3-6-12/h1-8,13H,9-11H2,(H,21,24). The molecule has 0 aromatic heterocycles. The van der Waals surface area contributed by atoms with Gasteiger partial charge in [-0.2, -0.15) is 0 Å². The number of nitrogens with zero attached hydrogens (tertiary/aromatic N) is 1. The number of anilines is 1. The van der Waals surface area contributed by atoms with Gasteiger partial charge in [-0.3, -0.25) is 9.59 Å². The average molecular weight is 330 g/mol. The Morgan fingerprint density at radius 1 is 1.08 bits per heavy atom. The van der Waals surface area contributed by atoms with Crippen molar-refractivity contribution in [2.75, 3.05) is 11.4 Å². The minimum Gasteiger partial charge on any atom is -0.352 e. The summed E-state index contributed by atoms with van der Waals surface area (Å²) in [5, 5.41) is 2.76. The number of benzene rings is 2. The normalized spacial score (nSPS) is 17.2. The third-order valence-electron chi connectivity index (χ3n) is 4.01. The van der Waals surface area contributed by atoms with Gasteiger partial charge in [-0.15, -0.1) is 0 Å². The number of hydrogen-bond acceptors (Lipinski definition) is 2. The molecule has 1 heterocycles. The molecule has 1 atom stereocenters. The first-order valence-corrected chi connectivity index (χ1v) is 7.62. The van der Waals surface area contributed by atoms with E-state index in [1.165, 1.54) is 6.07 Å². The predicted octanol–water partition coefficient (Wildman–Crippen LogP) is 2.63. The van der Waals surface area contributed by atoms with Gasteiger partial charge in [0.15, 0.2) is 0 Å². The largest absolute Gasteiger partial charge is 0.352 e. The van der Waals surface area contributed by atoms with Crippen molar-refractivity contribution in [3.8, 4) is 0 Å². The summed E-state index contributed by atoms with van der Waals surface area (Å²) in [6.45, 7) is 0.315. The molecule has 0 spiro atoms. The van der Waals surface area contributed by atoms with E-state index in [1.807, 2.05) is 30.3 Å². The van der Waals surface area contributed by atoms with E-state index in [2.05, 4.69) is 5.32 Å². The number of nitrogens with one attached hydrogen (secondary N) is 1. The van der Waals surface area contributed by atoms with E-state index < -0.39 is 23.5 Å². The number of halogens is 2. The zero-order chi connectivity index (χ0) is 17.1. The van der Waals surface area contributed by atoms with Crippen molar-refractivity contribution in [1.82, 2.24) is 5.32 Å². The number of hydrogen-bond donors (Lipinski definition) is 1. The summed E-state index contributed by atoms with van der Waals surface area (Å²) < 4.78 is 27.7. The highest BCUT2D eigenvalue weighted by Crippen LogP contribution is 2.29. The molecular formula is C18H16F2N2O2. The van der Waals surface area contributed by atoms with Crippen LogP contribution < -0.4 is 10.2 Å². The zero-order valence-corrected chi connectivity index (χ0v) is 12.8. The van der Waals surface area contributed by atoms with Crippen molar-refractivity contribution in [3.63, 3.8) is 0 Å². The van der Waals surface area contributed by atoms with Crippen LogP contribution >= 0.6 is 0 Å². The van der Waals surface area contributed by atoms with Crippen LogP contribution in [0.25, 0.3) is 0 Å². The lowest BCUT2D eigenvalue weighted by molar-refractivity contribution is -0.126. The topological polar surface area (TPSA) is 49.4 Å². The van der Waals surface area contributed by atoms with Crippen molar-refractivity contribution < 1.29 is 18.4 Å². The zero-order valence-electron chi connectivity index (χ0n) is 12.8. The smallest absolute Gasteiger partial charge is 0.228 e. The minimum absolute atomic E-state index is 0.0304. The summed E-state index contributed by atoms with van der Waals surface area (Å²) in [7, 11) is 0. The SMILES string of the molecule is O=C(NCc1ccccc1)C1CC(=O)N(c2c(F)cccc2F)C1. The summed E-state index contributed by atoms with van der Waals surface area (Å²) in [6.07, 6.45) is -0.0611. The molecule has 1 unspecified atom stereocenters. The molecule has 4 nitrogen and oxygen atoms in total. The summed E-state index contributed by atoms with van der Waals surface area (Å²) in [5.74, 6) is -3.01. The van der Waals surface area contributed by atoms with Crippen LogP contribution in [0.15, 0.2) is 48.5 Å². The molecule has 1 aliphatic heterocycles. The van der Waals surface area contributed by atoms with Crippen LogP contribution in [-0.4, -0.2) is 18.4 Å². The Balaban J connectivity index is 1.67. The Bertz CT molecular complexity index is 745. The maximum atomic E-state index is 13.8. The molecule has 1 N–H and O–H groups in total. The lowest BCUT2D eigenvalue weighted by Crippen LogP contribution is -2.33. The van der Waals surface area contributed by atoms with Gasteiger partial charge in [-0.05, 0) is 17.7 Å². The summed E-state index contributed by atoms with van der Waals surface area (Å²) in [6, 6.07) is 12.8. The molecular weight excluding hydrogens is 314 g/mol. The maximum Gasteiger partial charge on any atom is 0.228 e. The van der Waals surface area contributed by atoms with E-state index in [0.717, 1.165) is 22.6 Å². The number of carbonyl (C=O) groups excluding carboxylic acids is 2. The van der Waals surface area contributed by atoms with Crippen LogP contribution in [0.5, 0.6) is 0 Å². The second kappa shape index (κ2) is 6.78. The first-order valence-electron chi connectivity index (χ1n) is 7.62. The molecule has 2 amide bonds. The van der Waals surface area contributed by atoms with Crippen molar-refractivity contribution in [2.24, 2.45) is 5.92 Å². The van der Waals surface area contributed by atoms with E-state index in [-0.39, 0.29) is 24.6 Å². The Labute approximate surface area is 138 Å². The molecule has 3 rings (SSSR count). The molecule has 1 saturated heterocycles. The molecule has 1 aliphatic rings. The molecule has 0 bridgehead atoms. The van der Waals surface area contributed by atoms with Crippen molar-refractivity contribution in [2.45, 2.75) is 13.0 Å². The number of para-hydroxylation sites is 1. The van der Waals surface area contributed by atoms with Gasteiger partial charge in [0.05, 0.1) is 5.92 Å². The fourth-order valence-electron chi connectivity index (χ4n) is 2.78. The Kier molecular flexibility index (Phi) is 4.55. The number of amides is 2. The first-order chi connectivity index (χ1) is 11.6. The highest BCUT2D eigenvalue weighted by Gasteiger charge is 2.37. The van der Waals surface area contributed by atoms with E-state index in [9.17, 15) is 18.4 Å². The van der Waals surface area contributed by atoms with E-state index in [0.29, 0.717) is 6.54 Å². The molecule has 0 saturated carbocycles. The van der Waals surface area contributed by atoms with Crippen LogP contribution in [0, 0.1) is 17.6 Å². The fourth-order valence-corrected chi connectivity index (χ4v) is 2.78. The second-order valence-corrected chi connectivity index (χ2v) is 5.68. The van der Waals surface area contributed by atoms with Gasteiger partial charge < -0.3 is 10.2 Å². The molecule has 124 valence electrons. The van der Waals surface area contributed by atoms with Gasteiger partial charge in [0, 0.05) is 19.5 Å². The summed E-state index contributed by atoms with van der Waals surface area (Å²) in [4.78, 5) is 25.3. The summed E-state index contributed by atoms with van der Waals surface area (Å²) in [5.41, 5.74) is 0.549. The monoisotopic (exact) mass is 330 g/mol. The van der Waals surface area contributed by atoms with Crippen molar-refractivity contribution in [3.05, 3.63) is 65.7 Å². The molecule has 0 aliphatic carbocycles. The molecule has 6 heteroatoms. The minimum atomic E-state index is -0.811. The van der Waals surface area contributed by atoms with Crippen LogP contribution in [0.2, 0.25) is 0 Å². The molecule has 24 heavy (non-hydrogen) atoms. The van der Waals surface area contributed by atoms with Gasteiger partial charge in [-0.1, -0.05) is 36.4 Å². The second-order valence-electron chi connectivity index (χ2n) is 5.68. The predicted molar refractivity (Wildman–Crippen MR) is 85.1 cm³/mol. The molecule has 2 aromatic carbocycles. The van der Waals surface area contributed by atoms with E-state index in [4.69, 9.17) is 0 Å². The highest BCUT2D eigenvalue weighted by molar-refractivity contribution is 6.00. The average Bonchev–Trinajstić information content (AvgIpc) is 2.95. The molecule has 1 fully saturated rings. The van der Waals surface area contributed by atoms with Gasteiger partial charge in [0.25, 0.3) is 0 Å². The van der Waals surface area contributed by atoms with Gasteiger partial charge in [0.1, 0.15) is 17.3 Å². The van der Waals surface area contributed by atoms with Gasteiger partial charge >= 0.3 is 0 Å². The fraction of sp³-hybridized carbons (Fsp3) is 0.222. The van der Waals surface area contributed by atoms with E-state index >= 15 is 0 Å². The summed E-state index contributed by atoms with van der Waals surface area (Å²) >= 11 is 0. The Morgan fingerprint density at radius 3 is 2.42 bits per heavy atom. The van der Waals surface area contributed by atoms with E-state index in [1.54, 1.807) is 0 Å². The Morgan fingerprint density at radius 2 is 1.75 bits per heavy atom. The lowest BCUT2D eigenvalue weighted by Gasteiger charge is -2.18. The highest BCUT2D eigenvalue weighted by atomic mass is 19.1. The Hall–Kier alpha value is -2.76. The van der Waals surface area contributed by atoms with Crippen molar-refractivity contribution in [1.29, 1.82) is 0 Å². The quantitative estimate of drug-likeness (QED) is 0.937. The number of carbonyl (C=O) groups is 2. The van der Waals surface area contributed by atoms with Gasteiger partial charge in [-0.25, -0.2) is 8.78 Å². The lowest BCUT2D eigenvalue weighted by atomic mass is 10.1. The van der Waals surface area contributed by atoms with Crippen LogP contribution in [0.3, 0.4) is 0 Å². The van der Waals surface area contributed by atoms with Crippen LogP contribution in [0.1, 0.15) is 12.0 Å². The molecule has 0 radical (unpaired) electrons. The van der Waals surface area contributed by atoms with Crippen molar-refractivity contribution >= 4 is 17.5 Å². The third-order valence-corrected chi connectivity index (χ3v) is 4.01. The third kappa shape index (κ3) is 3.27. The maximum absolute atomic E-state index is 13.8.